The minimum absolute atomic E-state index is 0.0736. The molecule has 0 spiro atoms. The maximum absolute atomic E-state index is 12.9. The molecule has 2 amide bonds. The molecule has 0 saturated carbocycles. The van der Waals surface area contributed by atoms with Crippen LogP contribution in [-0.2, 0) is 4.79 Å². The van der Waals surface area contributed by atoms with Gasteiger partial charge in [-0.2, -0.15) is 0 Å². The van der Waals surface area contributed by atoms with Gasteiger partial charge in [0.05, 0.1) is 19.0 Å². The summed E-state index contributed by atoms with van der Waals surface area (Å²) in [5.41, 5.74) is 2.46. The number of rotatable bonds is 8. The number of pyridine rings is 1. The van der Waals surface area contributed by atoms with E-state index in [0.29, 0.717) is 33.4 Å². The minimum Gasteiger partial charge on any atom is -0.505 e. The number of fused-ring (bicyclic) bond motifs is 1. The molecular formula is C29H27N3O6. The molecule has 194 valence electrons. The van der Waals surface area contributed by atoms with E-state index < -0.39 is 11.8 Å². The Balaban J connectivity index is 1.65. The van der Waals surface area contributed by atoms with Crippen LogP contribution < -0.4 is 20.1 Å². The number of aromatic hydroxyl groups is 1. The lowest BCUT2D eigenvalue weighted by Gasteiger charge is -2.15. The number of carbonyl (C=O) groups is 3. The number of benzene rings is 3. The molecular weight excluding hydrogens is 486 g/mol. The van der Waals surface area contributed by atoms with E-state index in [1.807, 2.05) is 32.0 Å². The quantitative estimate of drug-likeness (QED) is 0.303. The number of hydrogen-bond donors (Lipinski definition) is 3. The number of ether oxygens (including phenoxy) is 2. The highest BCUT2D eigenvalue weighted by molar-refractivity contribution is 6.09. The monoisotopic (exact) mass is 513 g/mol. The summed E-state index contributed by atoms with van der Waals surface area (Å²) >= 11 is 0. The molecule has 0 atom stereocenters. The standard InChI is InChI=1S/C29H27N3O6/c1-16-12-19(25(34)18-8-6-5-7-9-18)13-17(2)27(16)38-20-10-11-21-22(14-20)29(37-4)32-24(26(21)35)28(36)31-15-23(33)30-3/h5-14,35H,15H2,1-4H3,(H,30,33)(H,31,36). The molecule has 4 aromatic rings. The number of nitrogens with zero attached hydrogens (tertiary/aromatic N) is 1. The van der Waals surface area contributed by atoms with E-state index in [1.54, 1.807) is 42.5 Å². The van der Waals surface area contributed by atoms with Gasteiger partial charge < -0.3 is 25.2 Å². The van der Waals surface area contributed by atoms with Crippen LogP contribution in [0.5, 0.6) is 23.1 Å². The summed E-state index contributed by atoms with van der Waals surface area (Å²) in [7, 11) is 2.85. The lowest BCUT2D eigenvalue weighted by molar-refractivity contribution is -0.119. The van der Waals surface area contributed by atoms with Gasteiger partial charge in [0.15, 0.2) is 17.2 Å². The highest BCUT2D eigenvalue weighted by Gasteiger charge is 2.21. The number of aryl methyl sites for hydroxylation is 2. The van der Waals surface area contributed by atoms with Crippen LogP contribution >= 0.6 is 0 Å². The van der Waals surface area contributed by atoms with Crippen molar-refractivity contribution in [3.63, 3.8) is 0 Å². The maximum Gasteiger partial charge on any atom is 0.274 e. The van der Waals surface area contributed by atoms with Crippen LogP contribution in [0.3, 0.4) is 0 Å². The molecule has 38 heavy (non-hydrogen) atoms. The molecule has 9 nitrogen and oxygen atoms in total. The van der Waals surface area contributed by atoms with Gasteiger partial charge in [-0.05, 0) is 55.3 Å². The van der Waals surface area contributed by atoms with Crippen LogP contribution in [0.25, 0.3) is 10.8 Å². The highest BCUT2D eigenvalue weighted by atomic mass is 16.5. The predicted octanol–water partition coefficient (Wildman–Crippen LogP) is 4.06. The Morgan fingerprint density at radius 1 is 0.921 bits per heavy atom. The number of likely N-dealkylation sites (N-methyl/N-ethyl adjacent to an activating group) is 1. The number of nitrogens with one attached hydrogen (secondary N) is 2. The number of aromatic nitrogens is 1. The van der Waals surface area contributed by atoms with Gasteiger partial charge in [-0.15, -0.1) is 0 Å². The average Bonchev–Trinajstić information content (AvgIpc) is 2.93. The molecule has 0 fully saturated rings. The van der Waals surface area contributed by atoms with E-state index in [4.69, 9.17) is 9.47 Å². The summed E-state index contributed by atoms with van der Waals surface area (Å²) in [6, 6.07) is 17.5. The zero-order chi connectivity index (χ0) is 27.4. The van der Waals surface area contributed by atoms with E-state index in [9.17, 15) is 19.5 Å². The largest absolute Gasteiger partial charge is 0.505 e. The molecule has 0 saturated heterocycles. The van der Waals surface area contributed by atoms with Crippen LogP contribution in [-0.4, -0.2) is 48.4 Å². The van der Waals surface area contributed by atoms with Crippen molar-refractivity contribution in [2.24, 2.45) is 0 Å². The second-order valence-corrected chi connectivity index (χ2v) is 8.62. The van der Waals surface area contributed by atoms with Crippen molar-refractivity contribution >= 4 is 28.4 Å². The molecule has 3 N–H and O–H groups in total. The van der Waals surface area contributed by atoms with Crippen LogP contribution in [0.4, 0.5) is 0 Å². The van der Waals surface area contributed by atoms with Gasteiger partial charge in [0.1, 0.15) is 11.5 Å². The zero-order valence-corrected chi connectivity index (χ0v) is 21.4. The number of methoxy groups -OCH3 is 1. The van der Waals surface area contributed by atoms with E-state index >= 15 is 0 Å². The Morgan fingerprint density at radius 3 is 2.24 bits per heavy atom. The minimum atomic E-state index is -0.719. The highest BCUT2D eigenvalue weighted by Crippen LogP contribution is 2.38. The lowest BCUT2D eigenvalue weighted by Crippen LogP contribution is -2.35. The van der Waals surface area contributed by atoms with Crippen molar-refractivity contribution in [2.75, 3.05) is 20.7 Å². The molecule has 1 heterocycles. The molecule has 3 aromatic carbocycles. The first-order valence-electron chi connectivity index (χ1n) is 11.8. The fourth-order valence-electron chi connectivity index (χ4n) is 4.08. The number of ketones is 1. The molecule has 0 aliphatic carbocycles. The molecule has 0 aliphatic rings. The van der Waals surface area contributed by atoms with Crippen molar-refractivity contribution in [3.05, 3.63) is 88.6 Å². The predicted molar refractivity (Wildman–Crippen MR) is 142 cm³/mol. The third-order valence-corrected chi connectivity index (χ3v) is 5.99. The van der Waals surface area contributed by atoms with Gasteiger partial charge >= 0.3 is 0 Å². The number of amides is 2. The zero-order valence-electron chi connectivity index (χ0n) is 21.4. The smallest absolute Gasteiger partial charge is 0.274 e. The van der Waals surface area contributed by atoms with Crippen molar-refractivity contribution in [1.82, 2.24) is 15.6 Å². The maximum atomic E-state index is 12.9. The lowest BCUT2D eigenvalue weighted by atomic mass is 9.98. The van der Waals surface area contributed by atoms with Crippen LogP contribution in [0.1, 0.15) is 37.5 Å². The summed E-state index contributed by atoms with van der Waals surface area (Å²) in [5, 5.41) is 16.3. The summed E-state index contributed by atoms with van der Waals surface area (Å²) in [6.07, 6.45) is 0. The Morgan fingerprint density at radius 2 is 1.61 bits per heavy atom. The third kappa shape index (κ3) is 5.27. The Hall–Kier alpha value is -4.92. The Labute approximate surface area is 219 Å². The van der Waals surface area contributed by atoms with Gasteiger partial charge in [0.25, 0.3) is 5.91 Å². The molecule has 0 bridgehead atoms. The summed E-state index contributed by atoms with van der Waals surface area (Å²) in [5.74, 6) is -0.394. The molecule has 1 aromatic heterocycles. The molecule has 0 aliphatic heterocycles. The molecule has 9 heteroatoms. The van der Waals surface area contributed by atoms with E-state index in [-0.39, 0.29) is 29.7 Å². The fourth-order valence-corrected chi connectivity index (χ4v) is 4.08. The molecule has 4 rings (SSSR count). The van der Waals surface area contributed by atoms with E-state index in [0.717, 1.165) is 11.1 Å². The van der Waals surface area contributed by atoms with Gasteiger partial charge in [0.2, 0.25) is 11.8 Å². The van der Waals surface area contributed by atoms with Crippen LogP contribution in [0, 0.1) is 13.8 Å². The normalized spacial score (nSPS) is 10.6. The van der Waals surface area contributed by atoms with Gasteiger partial charge in [-0.1, -0.05) is 30.3 Å². The van der Waals surface area contributed by atoms with Crippen molar-refractivity contribution in [1.29, 1.82) is 0 Å². The summed E-state index contributed by atoms with van der Waals surface area (Å²) in [4.78, 5) is 41.0. The second kappa shape index (κ2) is 11.0. The summed E-state index contributed by atoms with van der Waals surface area (Å²) in [6.45, 7) is 3.46. The Kier molecular flexibility index (Phi) is 7.57. The summed E-state index contributed by atoms with van der Waals surface area (Å²) < 4.78 is 11.6. The molecule has 0 radical (unpaired) electrons. The number of hydrogen-bond acceptors (Lipinski definition) is 7. The first-order valence-corrected chi connectivity index (χ1v) is 11.8. The van der Waals surface area contributed by atoms with Crippen molar-refractivity contribution in [2.45, 2.75) is 13.8 Å². The topological polar surface area (TPSA) is 127 Å². The van der Waals surface area contributed by atoms with Gasteiger partial charge in [-0.3, -0.25) is 14.4 Å². The van der Waals surface area contributed by atoms with E-state index in [2.05, 4.69) is 15.6 Å². The fraction of sp³-hybridized carbons (Fsp3) is 0.172. The first-order chi connectivity index (χ1) is 18.2. The Bertz CT molecular complexity index is 1530. The third-order valence-electron chi connectivity index (χ3n) is 5.99. The van der Waals surface area contributed by atoms with Crippen LogP contribution in [0.2, 0.25) is 0 Å². The van der Waals surface area contributed by atoms with Gasteiger partial charge in [0, 0.05) is 23.6 Å². The first kappa shape index (κ1) is 26.2. The van der Waals surface area contributed by atoms with Gasteiger partial charge in [-0.25, -0.2) is 4.98 Å². The number of carbonyl (C=O) groups excluding carboxylic acids is 3. The van der Waals surface area contributed by atoms with Crippen molar-refractivity contribution in [3.8, 4) is 23.1 Å². The second-order valence-electron chi connectivity index (χ2n) is 8.62. The van der Waals surface area contributed by atoms with Crippen molar-refractivity contribution < 1.29 is 29.0 Å². The van der Waals surface area contributed by atoms with E-state index in [1.165, 1.54) is 14.2 Å². The van der Waals surface area contributed by atoms with Crippen LogP contribution in [0.15, 0.2) is 60.7 Å². The molecule has 0 unspecified atom stereocenters. The average molecular weight is 514 g/mol. The SMILES string of the molecule is CNC(=O)CNC(=O)c1nc(OC)c2cc(Oc3c(C)cc(C(=O)c4ccccc4)cc3C)ccc2c1O.